The Morgan fingerprint density at radius 1 is 1.24 bits per heavy atom. The lowest BCUT2D eigenvalue weighted by Crippen LogP contribution is -2.44. The Bertz CT molecular complexity index is 517. The van der Waals surface area contributed by atoms with E-state index in [1.54, 1.807) is 30.3 Å². The Balaban J connectivity index is 1.85. The van der Waals surface area contributed by atoms with Crippen LogP contribution in [-0.4, -0.2) is 50.7 Å². The Morgan fingerprint density at radius 3 is 2.71 bits per heavy atom. The number of piperidine rings is 1. The summed E-state index contributed by atoms with van der Waals surface area (Å²) < 4.78 is 26.9. The van der Waals surface area contributed by atoms with Gasteiger partial charge in [-0.1, -0.05) is 24.6 Å². The average molecular weight is 312 g/mol. The van der Waals surface area contributed by atoms with Gasteiger partial charge in [0.2, 0.25) is 10.0 Å². The molecule has 0 unspecified atom stereocenters. The monoisotopic (exact) mass is 312 g/mol. The van der Waals surface area contributed by atoms with Crippen molar-refractivity contribution in [3.63, 3.8) is 0 Å². The lowest BCUT2D eigenvalue weighted by atomic mass is 10.00. The Kier molecular flexibility index (Phi) is 6.17. The van der Waals surface area contributed by atoms with Crippen molar-refractivity contribution in [1.29, 1.82) is 0 Å². The first kappa shape index (κ1) is 16.4. The van der Waals surface area contributed by atoms with Gasteiger partial charge >= 0.3 is 0 Å². The van der Waals surface area contributed by atoms with E-state index in [2.05, 4.69) is 9.62 Å². The number of benzene rings is 1. The molecule has 0 aromatic heterocycles. The second-order valence-corrected chi connectivity index (χ2v) is 7.18. The fourth-order valence-corrected chi connectivity index (χ4v) is 3.88. The van der Waals surface area contributed by atoms with E-state index in [-0.39, 0.29) is 6.61 Å². The maximum absolute atomic E-state index is 12.1. The minimum atomic E-state index is -3.42. The number of nitrogens with zero attached hydrogens (tertiary/aromatic N) is 1. The second kappa shape index (κ2) is 7.89. The molecule has 1 fully saturated rings. The van der Waals surface area contributed by atoms with Crippen molar-refractivity contribution < 1.29 is 13.5 Å². The molecule has 0 aliphatic carbocycles. The SMILES string of the molecule is O=S(=O)(NCCN1CCCC[C@H]1CCO)c1ccccc1. The highest BCUT2D eigenvalue weighted by molar-refractivity contribution is 7.89. The average Bonchev–Trinajstić information content (AvgIpc) is 2.50. The molecule has 0 spiro atoms. The van der Waals surface area contributed by atoms with Crippen LogP contribution in [0, 0.1) is 0 Å². The van der Waals surface area contributed by atoms with Crippen molar-refractivity contribution in [2.75, 3.05) is 26.2 Å². The number of hydrogen-bond acceptors (Lipinski definition) is 4. The molecule has 2 rings (SSSR count). The number of rotatable bonds is 7. The third-order valence-electron chi connectivity index (χ3n) is 3.96. The number of hydrogen-bond donors (Lipinski definition) is 2. The molecular formula is C15H24N2O3S. The molecule has 5 nitrogen and oxygen atoms in total. The summed E-state index contributed by atoms with van der Waals surface area (Å²) in [4.78, 5) is 2.59. The molecule has 0 radical (unpaired) electrons. The predicted octanol–water partition coefficient (Wildman–Crippen LogP) is 1.20. The van der Waals surface area contributed by atoms with E-state index in [0.717, 1.165) is 25.8 Å². The third-order valence-corrected chi connectivity index (χ3v) is 5.43. The molecule has 21 heavy (non-hydrogen) atoms. The number of likely N-dealkylation sites (tertiary alicyclic amines) is 1. The zero-order chi connectivity index (χ0) is 15.1. The van der Waals surface area contributed by atoms with Crippen LogP contribution < -0.4 is 4.72 Å². The summed E-state index contributed by atoms with van der Waals surface area (Å²) in [6.45, 7) is 2.27. The van der Waals surface area contributed by atoms with Gasteiger partial charge in [-0.05, 0) is 37.9 Å². The van der Waals surface area contributed by atoms with Crippen molar-refractivity contribution in [2.24, 2.45) is 0 Å². The van der Waals surface area contributed by atoms with Gasteiger partial charge in [0.15, 0.2) is 0 Å². The van der Waals surface area contributed by atoms with Crippen molar-refractivity contribution in [3.8, 4) is 0 Å². The molecule has 1 atom stereocenters. The van der Waals surface area contributed by atoms with Gasteiger partial charge < -0.3 is 5.11 Å². The highest BCUT2D eigenvalue weighted by Gasteiger charge is 2.22. The maximum Gasteiger partial charge on any atom is 0.240 e. The van der Waals surface area contributed by atoms with Gasteiger partial charge in [0, 0.05) is 25.7 Å². The minimum absolute atomic E-state index is 0.191. The smallest absolute Gasteiger partial charge is 0.240 e. The quantitative estimate of drug-likeness (QED) is 0.794. The second-order valence-electron chi connectivity index (χ2n) is 5.41. The predicted molar refractivity (Wildman–Crippen MR) is 82.5 cm³/mol. The lowest BCUT2D eigenvalue weighted by molar-refractivity contribution is 0.121. The van der Waals surface area contributed by atoms with Crippen molar-refractivity contribution in [1.82, 2.24) is 9.62 Å². The highest BCUT2D eigenvalue weighted by Crippen LogP contribution is 2.18. The van der Waals surface area contributed by atoms with Crippen LogP contribution in [0.4, 0.5) is 0 Å². The number of aliphatic hydroxyl groups excluding tert-OH is 1. The molecular weight excluding hydrogens is 288 g/mol. The Morgan fingerprint density at radius 2 is 2.00 bits per heavy atom. The van der Waals surface area contributed by atoms with Gasteiger partial charge in [-0.15, -0.1) is 0 Å². The summed E-state index contributed by atoms with van der Waals surface area (Å²) in [5.74, 6) is 0. The van der Waals surface area contributed by atoms with Crippen LogP contribution >= 0.6 is 0 Å². The maximum atomic E-state index is 12.1. The summed E-state index contributed by atoms with van der Waals surface area (Å²) in [6.07, 6.45) is 4.20. The van der Waals surface area contributed by atoms with Crippen LogP contribution in [0.2, 0.25) is 0 Å². The molecule has 1 aromatic rings. The van der Waals surface area contributed by atoms with Crippen LogP contribution in [0.15, 0.2) is 35.2 Å². The summed E-state index contributed by atoms with van der Waals surface area (Å²) in [7, 11) is -3.42. The van der Waals surface area contributed by atoms with Gasteiger partial charge in [0.25, 0.3) is 0 Å². The Hall–Kier alpha value is -0.950. The van der Waals surface area contributed by atoms with E-state index in [0.29, 0.717) is 24.0 Å². The molecule has 1 aliphatic rings. The summed E-state index contributed by atoms with van der Waals surface area (Å²) in [6, 6.07) is 8.80. The van der Waals surface area contributed by atoms with Crippen LogP contribution in [0.5, 0.6) is 0 Å². The standard InChI is InChI=1S/C15H24N2O3S/c18-13-9-14-6-4-5-11-17(14)12-10-16-21(19,20)15-7-2-1-3-8-15/h1-3,7-8,14,16,18H,4-6,9-13H2/t14-/m0/s1. The van der Waals surface area contributed by atoms with Gasteiger partial charge in [0.1, 0.15) is 0 Å². The minimum Gasteiger partial charge on any atom is -0.396 e. The zero-order valence-corrected chi connectivity index (χ0v) is 13.1. The molecule has 118 valence electrons. The summed E-state index contributed by atoms with van der Waals surface area (Å²) in [5.41, 5.74) is 0. The fraction of sp³-hybridized carbons (Fsp3) is 0.600. The van der Waals surface area contributed by atoms with Gasteiger partial charge in [-0.3, -0.25) is 4.90 Å². The lowest BCUT2D eigenvalue weighted by Gasteiger charge is -2.35. The first-order valence-electron chi connectivity index (χ1n) is 7.53. The van der Waals surface area contributed by atoms with Crippen LogP contribution in [0.3, 0.4) is 0 Å². The van der Waals surface area contributed by atoms with E-state index >= 15 is 0 Å². The molecule has 1 aromatic carbocycles. The van der Waals surface area contributed by atoms with E-state index < -0.39 is 10.0 Å². The zero-order valence-electron chi connectivity index (χ0n) is 12.2. The third kappa shape index (κ3) is 4.78. The summed E-state index contributed by atoms with van der Waals surface area (Å²) in [5, 5.41) is 9.10. The Labute approximate surface area is 127 Å². The van der Waals surface area contributed by atoms with Crippen LogP contribution in [0.1, 0.15) is 25.7 Å². The van der Waals surface area contributed by atoms with Gasteiger partial charge in [-0.2, -0.15) is 0 Å². The topological polar surface area (TPSA) is 69.6 Å². The van der Waals surface area contributed by atoms with Crippen LogP contribution in [-0.2, 0) is 10.0 Å². The molecule has 1 heterocycles. The number of aliphatic hydroxyl groups is 1. The normalized spacial score (nSPS) is 20.5. The molecule has 0 bridgehead atoms. The highest BCUT2D eigenvalue weighted by atomic mass is 32.2. The largest absolute Gasteiger partial charge is 0.396 e. The van der Waals surface area contributed by atoms with Crippen LogP contribution in [0.25, 0.3) is 0 Å². The van der Waals surface area contributed by atoms with E-state index in [9.17, 15) is 8.42 Å². The molecule has 1 saturated heterocycles. The van der Waals surface area contributed by atoms with Gasteiger partial charge in [-0.25, -0.2) is 13.1 Å². The van der Waals surface area contributed by atoms with Gasteiger partial charge in [0.05, 0.1) is 4.90 Å². The van der Waals surface area contributed by atoms with Crippen molar-refractivity contribution >= 4 is 10.0 Å². The molecule has 1 aliphatic heterocycles. The first-order chi connectivity index (χ1) is 10.1. The fourth-order valence-electron chi connectivity index (χ4n) is 2.84. The summed E-state index contributed by atoms with van der Waals surface area (Å²) >= 11 is 0. The number of nitrogens with one attached hydrogen (secondary N) is 1. The van der Waals surface area contributed by atoms with Crippen molar-refractivity contribution in [2.45, 2.75) is 36.6 Å². The van der Waals surface area contributed by atoms with E-state index in [1.807, 2.05) is 0 Å². The molecule has 0 amide bonds. The molecule has 6 heteroatoms. The van der Waals surface area contributed by atoms with E-state index in [4.69, 9.17) is 5.11 Å². The molecule has 0 saturated carbocycles. The first-order valence-corrected chi connectivity index (χ1v) is 9.01. The van der Waals surface area contributed by atoms with Crippen molar-refractivity contribution in [3.05, 3.63) is 30.3 Å². The molecule has 2 N–H and O–H groups in total. The van der Waals surface area contributed by atoms with E-state index in [1.165, 1.54) is 6.42 Å². The number of sulfonamides is 1.